The Balaban J connectivity index is 1.79. The molecule has 1 amide bonds. The van der Waals surface area contributed by atoms with Crippen molar-refractivity contribution in [3.8, 4) is 0 Å². The van der Waals surface area contributed by atoms with Gasteiger partial charge in [0.25, 0.3) is 5.56 Å². The molecule has 1 fully saturated rings. The third-order valence-electron chi connectivity index (χ3n) is 3.88. The lowest BCUT2D eigenvalue weighted by atomic mass is 9.97. The van der Waals surface area contributed by atoms with Gasteiger partial charge in [-0.3, -0.25) is 9.59 Å². The fourth-order valence-electron chi connectivity index (χ4n) is 2.71. The summed E-state index contributed by atoms with van der Waals surface area (Å²) in [7, 11) is 0. The second-order valence-corrected chi connectivity index (χ2v) is 6.15. The molecule has 1 aromatic heterocycles. The van der Waals surface area contributed by atoms with Gasteiger partial charge in [0.1, 0.15) is 0 Å². The van der Waals surface area contributed by atoms with Crippen LogP contribution in [0.4, 0.5) is 5.69 Å². The molecule has 2 N–H and O–H groups in total. The van der Waals surface area contributed by atoms with E-state index < -0.39 is 0 Å². The van der Waals surface area contributed by atoms with Gasteiger partial charge in [-0.15, -0.1) is 0 Å². The standard InChI is InChI=1S/C16H26N4O3/c1-12(2)23-8-4-6-17-16(22)13-5-3-7-20(11-13)14-9-15(21)19-18-10-14/h9-10,12-13H,3-8,11H2,1-2H3,(H,17,22)(H,19,21)/t13-/m1/s1. The highest BCUT2D eigenvalue weighted by molar-refractivity contribution is 5.79. The quantitative estimate of drug-likeness (QED) is 0.729. The van der Waals surface area contributed by atoms with Crippen molar-refractivity contribution in [2.24, 2.45) is 5.92 Å². The Morgan fingerprint density at radius 3 is 3.13 bits per heavy atom. The van der Waals surface area contributed by atoms with Crippen LogP contribution in [0.3, 0.4) is 0 Å². The highest BCUT2D eigenvalue weighted by Gasteiger charge is 2.26. The van der Waals surface area contributed by atoms with Gasteiger partial charge in [0.2, 0.25) is 5.91 Å². The zero-order chi connectivity index (χ0) is 16.7. The summed E-state index contributed by atoms with van der Waals surface area (Å²) in [5.41, 5.74) is 0.552. The number of nitrogens with zero attached hydrogens (tertiary/aromatic N) is 2. The first-order valence-electron chi connectivity index (χ1n) is 8.25. The van der Waals surface area contributed by atoms with Gasteiger partial charge in [-0.1, -0.05) is 0 Å². The summed E-state index contributed by atoms with van der Waals surface area (Å²) in [6.07, 6.45) is 4.48. The highest BCUT2D eigenvalue weighted by atomic mass is 16.5. The van der Waals surface area contributed by atoms with Gasteiger partial charge in [-0.05, 0) is 33.1 Å². The first-order valence-corrected chi connectivity index (χ1v) is 8.25. The first-order chi connectivity index (χ1) is 11.1. The Kier molecular flexibility index (Phi) is 6.58. The molecule has 0 unspecified atom stereocenters. The molecule has 23 heavy (non-hydrogen) atoms. The number of hydrogen-bond donors (Lipinski definition) is 2. The number of ether oxygens (including phenoxy) is 1. The summed E-state index contributed by atoms with van der Waals surface area (Å²) in [6.45, 7) is 6.76. The smallest absolute Gasteiger partial charge is 0.266 e. The van der Waals surface area contributed by atoms with Crippen LogP contribution in [-0.2, 0) is 9.53 Å². The van der Waals surface area contributed by atoms with E-state index in [0.717, 1.165) is 31.5 Å². The molecule has 1 atom stereocenters. The molecule has 1 aliphatic heterocycles. The number of aromatic nitrogens is 2. The minimum atomic E-state index is -0.223. The number of carbonyl (C=O) groups excluding carboxylic acids is 1. The van der Waals surface area contributed by atoms with Crippen molar-refractivity contribution in [1.29, 1.82) is 0 Å². The Labute approximate surface area is 136 Å². The van der Waals surface area contributed by atoms with E-state index in [0.29, 0.717) is 19.7 Å². The van der Waals surface area contributed by atoms with Gasteiger partial charge in [0.15, 0.2) is 0 Å². The summed E-state index contributed by atoms with van der Waals surface area (Å²) < 4.78 is 5.46. The van der Waals surface area contributed by atoms with Crippen molar-refractivity contribution in [2.75, 3.05) is 31.1 Å². The van der Waals surface area contributed by atoms with Gasteiger partial charge in [-0.2, -0.15) is 5.10 Å². The molecule has 0 aliphatic carbocycles. The van der Waals surface area contributed by atoms with E-state index in [-0.39, 0.29) is 23.5 Å². The lowest BCUT2D eigenvalue weighted by Crippen LogP contribution is -2.43. The number of amides is 1. The Morgan fingerprint density at radius 1 is 1.57 bits per heavy atom. The molecule has 0 radical (unpaired) electrons. The van der Waals surface area contributed by atoms with E-state index >= 15 is 0 Å². The number of hydrogen-bond acceptors (Lipinski definition) is 5. The Hall–Kier alpha value is -1.89. The van der Waals surface area contributed by atoms with Crippen molar-refractivity contribution in [3.05, 3.63) is 22.6 Å². The maximum Gasteiger partial charge on any atom is 0.266 e. The Morgan fingerprint density at radius 2 is 2.39 bits per heavy atom. The monoisotopic (exact) mass is 322 g/mol. The minimum Gasteiger partial charge on any atom is -0.379 e. The molecule has 0 aromatic carbocycles. The maximum atomic E-state index is 12.3. The average Bonchev–Trinajstić information content (AvgIpc) is 2.54. The lowest BCUT2D eigenvalue weighted by Gasteiger charge is -2.33. The highest BCUT2D eigenvalue weighted by Crippen LogP contribution is 2.21. The van der Waals surface area contributed by atoms with E-state index in [1.54, 1.807) is 6.20 Å². The fourth-order valence-corrected chi connectivity index (χ4v) is 2.71. The third-order valence-corrected chi connectivity index (χ3v) is 3.88. The van der Waals surface area contributed by atoms with Crippen LogP contribution in [0.1, 0.15) is 33.1 Å². The number of aromatic amines is 1. The van der Waals surface area contributed by atoms with Crippen LogP contribution in [0.25, 0.3) is 0 Å². The van der Waals surface area contributed by atoms with Crippen molar-refractivity contribution in [3.63, 3.8) is 0 Å². The fraction of sp³-hybridized carbons (Fsp3) is 0.688. The molecule has 0 saturated carbocycles. The van der Waals surface area contributed by atoms with Crippen LogP contribution < -0.4 is 15.8 Å². The zero-order valence-corrected chi connectivity index (χ0v) is 13.9. The minimum absolute atomic E-state index is 0.0472. The summed E-state index contributed by atoms with van der Waals surface area (Å²) in [6, 6.07) is 1.52. The molecule has 1 saturated heterocycles. The predicted molar refractivity (Wildman–Crippen MR) is 88.5 cm³/mol. The van der Waals surface area contributed by atoms with E-state index in [4.69, 9.17) is 4.74 Å². The van der Waals surface area contributed by atoms with Crippen LogP contribution in [0.2, 0.25) is 0 Å². The number of anilines is 1. The van der Waals surface area contributed by atoms with E-state index in [2.05, 4.69) is 20.4 Å². The van der Waals surface area contributed by atoms with Crippen LogP contribution in [0.5, 0.6) is 0 Å². The van der Waals surface area contributed by atoms with Gasteiger partial charge >= 0.3 is 0 Å². The molecule has 0 spiro atoms. The van der Waals surface area contributed by atoms with Crippen molar-refractivity contribution in [1.82, 2.24) is 15.5 Å². The van der Waals surface area contributed by atoms with Crippen molar-refractivity contribution in [2.45, 2.75) is 39.2 Å². The second kappa shape index (κ2) is 8.67. The van der Waals surface area contributed by atoms with Crippen LogP contribution >= 0.6 is 0 Å². The second-order valence-electron chi connectivity index (χ2n) is 6.15. The van der Waals surface area contributed by atoms with Gasteiger partial charge in [-0.25, -0.2) is 5.10 Å². The molecule has 7 nitrogen and oxygen atoms in total. The largest absolute Gasteiger partial charge is 0.379 e. The van der Waals surface area contributed by atoms with Crippen LogP contribution in [0, 0.1) is 5.92 Å². The van der Waals surface area contributed by atoms with Gasteiger partial charge in [0.05, 0.1) is 23.9 Å². The summed E-state index contributed by atoms with van der Waals surface area (Å²) in [5, 5.41) is 9.17. The molecule has 2 heterocycles. The van der Waals surface area contributed by atoms with E-state index in [1.807, 2.05) is 13.8 Å². The summed E-state index contributed by atoms with van der Waals surface area (Å²) in [5.74, 6) is 0.0334. The normalized spacial score (nSPS) is 18.2. The number of H-pyrrole nitrogens is 1. The molecule has 1 aliphatic rings. The number of rotatable bonds is 7. The average molecular weight is 322 g/mol. The Bertz CT molecular complexity index is 558. The predicted octanol–water partition coefficient (Wildman–Crippen LogP) is 0.918. The topological polar surface area (TPSA) is 87.3 Å². The number of nitrogens with one attached hydrogen (secondary N) is 2. The lowest BCUT2D eigenvalue weighted by molar-refractivity contribution is -0.125. The molecule has 0 bridgehead atoms. The SMILES string of the molecule is CC(C)OCCCNC(=O)[C@@H]1CCCN(c2cn[nH]c(=O)c2)C1. The third kappa shape index (κ3) is 5.67. The molecule has 7 heteroatoms. The molecule has 2 rings (SSSR count). The van der Waals surface area contributed by atoms with Crippen molar-refractivity contribution >= 4 is 11.6 Å². The van der Waals surface area contributed by atoms with E-state index in [9.17, 15) is 9.59 Å². The maximum absolute atomic E-state index is 12.3. The molecule has 128 valence electrons. The molecule has 1 aromatic rings. The number of carbonyl (C=O) groups is 1. The molecular weight excluding hydrogens is 296 g/mol. The van der Waals surface area contributed by atoms with Crippen molar-refractivity contribution < 1.29 is 9.53 Å². The van der Waals surface area contributed by atoms with Crippen LogP contribution in [0.15, 0.2) is 17.1 Å². The van der Waals surface area contributed by atoms with Gasteiger partial charge < -0.3 is 15.0 Å². The summed E-state index contributed by atoms with van der Waals surface area (Å²) >= 11 is 0. The summed E-state index contributed by atoms with van der Waals surface area (Å²) in [4.78, 5) is 25.7. The molecular formula is C16H26N4O3. The van der Waals surface area contributed by atoms with E-state index in [1.165, 1.54) is 6.07 Å². The first kappa shape index (κ1) is 17.5. The van der Waals surface area contributed by atoms with Gasteiger partial charge in [0, 0.05) is 32.3 Å². The zero-order valence-electron chi connectivity index (χ0n) is 13.9. The van der Waals surface area contributed by atoms with Crippen LogP contribution in [-0.4, -0.2) is 48.4 Å². The number of piperidine rings is 1.